The van der Waals surface area contributed by atoms with Crippen molar-refractivity contribution in [3.8, 4) is 0 Å². The van der Waals surface area contributed by atoms with E-state index in [1.807, 2.05) is 20.8 Å². The largest absolute Gasteiger partial charge is 0.444 e. The lowest BCUT2D eigenvalue weighted by Gasteiger charge is -2.33. The number of hydrogen-bond acceptors (Lipinski definition) is 3. The van der Waals surface area contributed by atoms with Gasteiger partial charge >= 0.3 is 6.09 Å². The van der Waals surface area contributed by atoms with Gasteiger partial charge in [-0.15, -0.1) is 0 Å². The Labute approximate surface area is 188 Å². The third kappa shape index (κ3) is 8.74. The van der Waals surface area contributed by atoms with Crippen molar-refractivity contribution in [2.75, 3.05) is 13.1 Å². The molecule has 31 heavy (non-hydrogen) atoms. The summed E-state index contributed by atoms with van der Waals surface area (Å²) in [6.07, 6.45) is 4.49. The smallest absolute Gasteiger partial charge is 0.407 e. The molecule has 0 heterocycles. The topological polar surface area (TPSA) is 41.6 Å². The predicted molar refractivity (Wildman–Crippen MR) is 127 cm³/mol. The lowest BCUT2D eigenvalue weighted by atomic mass is 9.81. The molecule has 1 fully saturated rings. The number of nitrogens with zero attached hydrogens (tertiary/aromatic N) is 1. The highest BCUT2D eigenvalue weighted by Gasteiger charge is 2.24. The van der Waals surface area contributed by atoms with Crippen LogP contribution in [0.1, 0.15) is 57.6 Å². The van der Waals surface area contributed by atoms with Gasteiger partial charge in [0.25, 0.3) is 0 Å². The van der Waals surface area contributed by atoms with Crippen LogP contribution in [-0.2, 0) is 17.8 Å². The Hall–Kier alpha value is -2.33. The second kappa shape index (κ2) is 11.3. The van der Waals surface area contributed by atoms with Crippen molar-refractivity contribution >= 4 is 6.09 Å². The highest BCUT2D eigenvalue weighted by Crippen LogP contribution is 2.30. The molecular formula is C27H38N2O2. The van der Waals surface area contributed by atoms with E-state index in [4.69, 9.17) is 4.74 Å². The first-order valence-corrected chi connectivity index (χ1v) is 11.6. The fraction of sp³-hybridized carbons (Fsp3) is 0.519. The van der Waals surface area contributed by atoms with Gasteiger partial charge in [-0.25, -0.2) is 4.79 Å². The quantitative estimate of drug-likeness (QED) is 0.565. The number of carbonyl (C=O) groups is 1. The Morgan fingerprint density at radius 1 is 0.871 bits per heavy atom. The van der Waals surface area contributed by atoms with Gasteiger partial charge in [-0.05, 0) is 69.4 Å². The van der Waals surface area contributed by atoms with Crippen molar-refractivity contribution in [2.24, 2.45) is 11.8 Å². The summed E-state index contributed by atoms with van der Waals surface area (Å²) >= 11 is 0. The fourth-order valence-electron chi connectivity index (χ4n) is 4.39. The van der Waals surface area contributed by atoms with Crippen LogP contribution in [-0.4, -0.2) is 29.7 Å². The van der Waals surface area contributed by atoms with Crippen LogP contribution in [0.15, 0.2) is 60.7 Å². The monoisotopic (exact) mass is 422 g/mol. The van der Waals surface area contributed by atoms with Crippen LogP contribution in [0.3, 0.4) is 0 Å². The number of rotatable bonds is 8. The van der Waals surface area contributed by atoms with Crippen molar-refractivity contribution in [2.45, 2.75) is 65.1 Å². The summed E-state index contributed by atoms with van der Waals surface area (Å²) < 4.78 is 5.36. The van der Waals surface area contributed by atoms with E-state index in [0.717, 1.165) is 26.2 Å². The SMILES string of the molecule is CC(C)(C)OC(=O)NCC1CCC(CN(Cc2ccccc2)Cc2ccccc2)CC1. The molecule has 4 heteroatoms. The van der Waals surface area contributed by atoms with E-state index in [-0.39, 0.29) is 6.09 Å². The molecule has 0 spiro atoms. The van der Waals surface area contributed by atoms with Crippen molar-refractivity contribution in [1.29, 1.82) is 0 Å². The van der Waals surface area contributed by atoms with Gasteiger partial charge in [0, 0.05) is 26.2 Å². The average molecular weight is 423 g/mol. The molecule has 0 atom stereocenters. The minimum atomic E-state index is -0.442. The van der Waals surface area contributed by atoms with Gasteiger partial charge in [-0.2, -0.15) is 0 Å². The van der Waals surface area contributed by atoms with Crippen molar-refractivity contribution in [3.05, 3.63) is 71.8 Å². The van der Waals surface area contributed by atoms with Crippen LogP contribution < -0.4 is 5.32 Å². The first-order chi connectivity index (χ1) is 14.9. The zero-order chi connectivity index (χ0) is 22.1. The maximum Gasteiger partial charge on any atom is 0.407 e. The summed E-state index contributed by atoms with van der Waals surface area (Å²) in [5.74, 6) is 1.27. The van der Waals surface area contributed by atoms with Crippen LogP contribution in [0.2, 0.25) is 0 Å². The number of hydrogen-bond donors (Lipinski definition) is 1. The second-order valence-electron chi connectivity index (χ2n) is 9.91. The molecule has 1 saturated carbocycles. The van der Waals surface area contributed by atoms with Gasteiger partial charge in [0.2, 0.25) is 0 Å². The average Bonchev–Trinajstić information content (AvgIpc) is 2.73. The minimum Gasteiger partial charge on any atom is -0.444 e. The molecule has 168 valence electrons. The van der Waals surface area contributed by atoms with E-state index in [2.05, 4.69) is 70.9 Å². The van der Waals surface area contributed by atoms with Gasteiger partial charge in [-0.3, -0.25) is 4.90 Å². The fourth-order valence-corrected chi connectivity index (χ4v) is 4.39. The van der Waals surface area contributed by atoms with E-state index in [1.54, 1.807) is 0 Å². The highest BCUT2D eigenvalue weighted by atomic mass is 16.6. The molecule has 0 bridgehead atoms. The highest BCUT2D eigenvalue weighted by molar-refractivity contribution is 5.67. The Balaban J connectivity index is 1.48. The van der Waals surface area contributed by atoms with Gasteiger partial charge < -0.3 is 10.1 Å². The standard InChI is InChI=1S/C27H38N2O2/c1-27(2,3)31-26(30)28-18-22-14-16-25(17-15-22)21-29(19-23-10-6-4-7-11-23)20-24-12-8-5-9-13-24/h4-13,22,25H,14-21H2,1-3H3,(H,28,30). The van der Waals surface area contributed by atoms with Crippen LogP contribution in [0.5, 0.6) is 0 Å². The molecule has 0 unspecified atom stereocenters. The van der Waals surface area contributed by atoms with Crippen molar-refractivity contribution < 1.29 is 9.53 Å². The Kier molecular flexibility index (Phi) is 8.53. The van der Waals surface area contributed by atoms with Crippen molar-refractivity contribution in [3.63, 3.8) is 0 Å². The second-order valence-corrected chi connectivity index (χ2v) is 9.91. The Bertz CT molecular complexity index is 736. The maximum absolute atomic E-state index is 11.9. The molecule has 1 N–H and O–H groups in total. The maximum atomic E-state index is 11.9. The predicted octanol–water partition coefficient (Wildman–Crippen LogP) is 6.02. The zero-order valence-electron chi connectivity index (χ0n) is 19.3. The first kappa shape index (κ1) is 23.3. The molecule has 2 aromatic carbocycles. The number of ether oxygens (including phenoxy) is 1. The summed E-state index contributed by atoms with van der Waals surface area (Å²) in [7, 11) is 0. The number of benzene rings is 2. The number of nitrogens with one attached hydrogen (secondary N) is 1. The lowest BCUT2D eigenvalue weighted by molar-refractivity contribution is 0.0512. The number of carbonyl (C=O) groups excluding carboxylic acids is 1. The van der Waals surface area contributed by atoms with E-state index in [0.29, 0.717) is 11.8 Å². The summed E-state index contributed by atoms with van der Waals surface area (Å²) in [5, 5.41) is 2.96. The van der Waals surface area contributed by atoms with E-state index in [9.17, 15) is 4.79 Å². The summed E-state index contributed by atoms with van der Waals surface area (Å²) in [6.45, 7) is 9.50. The van der Waals surface area contributed by atoms with Crippen molar-refractivity contribution in [1.82, 2.24) is 10.2 Å². The molecule has 2 aromatic rings. The molecule has 1 aliphatic rings. The molecule has 0 radical (unpaired) electrons. The summed E-state index contributed by atoms with van der Waals surface area (Å²) in [6, 6.07) is 21.5. The third-order valence-corrected chi connectivity index (χ3v) is 5.91. The summed E-state index contributed by atoms with van der Waals surface area (Å²) in [4.78, 5) is 14.5. The third-order valence-electron chi connectivity index (χ3n) is 5.91. The molecular weight excluding hydrogens is 384 g/mol. The molecule has 1 aliphatic carbocycles. The molecule has 4 nitrogen and oxygen atoms in total. The zero-order valence-corrected chi connectivity index (χ0v) is 19.3. The van der Waals surface area contributed by atoms with Crippen LogP contribution in [0, 0.1) is 11.8 Å². The normalized spacial score (nSPS) is 19.2. The molecule has 0 saturated heterocycles. The number of alkyl carbamates (subject to hydrolysis) is 1. The lowest BCUT2D eigenvalue weighted by Crippen LogP contribution is -2.37. The molecule has 1 amide bonds. The first-order valence-electron chi connectivity index (χ1n) is 11.6. The van der Waals surface area contributed by atoms with Gasteiger partial charge in [0.1, 0.15) is 5.60 Å². The minimum absolute atomic E-state index is 0.300. The Morgan fingerprint density at radius 3 is 1.84 bits per heavy atom. The Morgan fingerprint density at radius 2 is 1.35 bits per heavy atom. The molecule has 0 aromatic heterocycles. The molecule has 3 rings (SSSR count). The number of amides is 1. The van der Waals surface area contributed by atoms with E-state index in [1.165, 1.54) is 36.8 Å². The molecule has 0 aliphatic heterocycles. The van der Waals surface area contributed by atoms with E-state index >= 15 is 0 Å². The van der Waals surface area contributed by atoms with Crippen LogP contribution in [0.25, 0.3) is 0 Å². The van der Waals surface area contributed by atoms with Gasteiger partial charge in [0.15, 0.2) is 0 Å². The van der Waals surface area contributed by atoms with E-state index < -0.39 is 5.60 Å². The van der Waals surface area contributed by atoms with Gasteiger partial charge in [0.05, 0.1) is 0 Å². The summed E-state index contributed by atoms with van der Waals surface area (Å²) in [5.41, 5.74) is 2.30. The van der Waals surface area contributed by atoms with Crippen LogP contribution >= 0.6 is 0 Å². The van der Waals surface area contributed by atoms with Gasteiger partial charge in [-0.1, -0.05) is 60.7 Å². The van der Waals surface area contributed by atoms with Crippen LogP contribution in [0.4, 0.5) is 4.79 Å².